The number of likely N-dealkylation sites (tertiary alicyclic amines) is 1. The predicted molar refractivity (Wildman–Crippen MR) is 77.8 cm³/mol. The van der Waals surface area contributed by atoms with Crippen molar-refractivity contribution in [2.45, 2.75) is 57.7 Å². The molecule has 2 fully saturated rings. The highest BCUT2D eigenvalue weighted by molar-refractivity contribution is 5.16. The standard InChI is InChI=1S/C17H25NO/c1-14-16(19)17(10-6-3-7-11-17)13-18(14)12-15-8-4-2-5-9-15/h2,4-5,8-9,14,16,19H,3,6-7,10-13H2,1H3/t14-,16-/m1/s1. The van der Waals surface area contributed by atoms with Gasteiger partial charge in [-0.25, -0.2) is 0 Å². The van der Waals surface area contributed by atoms with Crippen LogP contribution < -0.4 is 0 Å². The van der Waals surface area contributed by atoms with Crippen LogP contribution in [0, 0.1) is 5.41 Å². The Morgan fingerprint density at radius 2 is 1.84 bits per heavy atom. The van der Waals surface area contributed by atoms with Crippen molar-refractivity contribution in [3.05, 3.63) is 35.9 Å². The molecule has 2 nitrogen and oxygen atoms in total. The van der Waals surface area contributed by atoms with Crippen LogP contribution in [-0.4, -0.2) is 28.7 Å². The topological polar surface area (TPSA) is 23.5 Å². The van der Waals surface area contributed by atoms with Crippen LogP contribution in [0.3, 0.4) is 0 Å². The third-order valence-electron chi connectivity index (χ3n) is 5.26. The summed E-state index contributed by atoms with van der Waals surface area (Å²) in [6.07, 6.45) is 6.22. The molecule has 0 amide bonds. The third-order valence-corrected chi connectivity index (χ3v) is 5.26. The minimum absolute atomic E-state index is 0.142. The van der Waals surface area contributed by atoms with Crippen LogP contribution in [0.5, 0.6) is 0 Å². The molecule has 1 aromatic rings. The summed E-state index contributed by atoms with van der Waals surface area (Å²) >= 11 is 0. The van der Waals surface area contributed by atoms with E-state index in [9.17, 15) is 5.11 Å². The molecular weight excluding hydrogens is 234 g/mol. The molecule has 1 spiro atoms. The maximum Gasteiger partial charge on any atom is 0.0761 e. The van der Waals surface area contributed by atoms with Crippen molar-refractivity contribution in [2.24, 2.45) is 5.41 Å². The lowest BCUT2D eigenvalue weighted by atomic mass is 9.71. The van der Waals surface area contributed by atoms with Gasteiger partial charge in [-0.15, -0.1) is 0 Å². The fraction of sp³-hybridized carbons (Fsp3) is 0.647. The lowest BCUT2D eigenvalue weighted by molar-refractivity contribution is 0.0234. The molecule has 0 radical (unpaired) electrons. The fourth-order valence-corrected chi connectivity index (χ4v) is 4.08. The summed E-state index contributed by atoms with van der Waals surface area (Å²) < 4.78 is 0. The average Bonchev–Trinajstić information content (AvgIpc) is 2.67. The smallest absolute Gasteiger partial charge is 0.0761 e. The number of hydrogen-bond donors (Lipinski definition) is 1. The molecule has 1 heterocycles. The van der Waals surface area contributed by atoms with E-state index in [1.807, 2.05) is 0 Å². The van der Waals surface area contributed by atoms with Gasteiger partial charge in [0.2, 0.25) is 0 Å². The van der Waals surface area contributed by atoms with Crippen LogP contribution in [0.2, 0.25) is 0 Å². The van der Waals surface area contributed by atoms with Crippen molar-refractivity contribution in [2.75, 3.05) is 6.54 Å². The van der Waals surface area contributed by atoms with Crippen LogP contribution in [0.1, 0.15) is 44.6 Å². The van der Waals surface area contributed by atoms with E-state index in [0.717, 1.165) is 13.1 Å². The molecular formula is C17H25NO. The first-order valence-corrected chi connectivity index (χ1v) is 7.67. The maximum atomic E-state index is 10.7. The van der Waals surface area contributed by atoms with E-state index >= 15 is 0 Å². The zero-order chi connectivity index (χ0) is 13.3. The second-order valence-electron chi connectivity index (χ2n) is 6.50. The van der Waals surface area contributed by atoms with Gasteiger partial charge in [-0.2, -0.15) is 0 Å². The van der Waals surface area contributed by atoms with Gasteiger partial charge in [0.05, 0.1) is 6.10 Å². The van der Waals surface area contributed by atoms with Crippen molar-refractivity contribution < 1.29 is 5.11 Å². The van der Waals surface area contributed by atoms with E-state index in [-0.39, 0.29) is 11.5 Å². The van der Waals surface area contributed by atoms with Crippen molar-refractivity contribution in [1.82, 2.24) is 4.90 Å². The second kappa shape index (κ2) is 5.26. The number of rotatable bonds is 2. The predicted octanol–water partition coefficient (Wildman–Crippen LogP) is 3.20. The van der Waals surface area contributed by atoms with Gasteiger partial charge in [0.1, 0.15) is 0 Å². The van der Waals surface area contributed by atoms with E-state index in [2.05, 4.69) is 42.2 Å². The van der Waals surface area contributed by atoms with Crippen molar-refractivity contribution in [1.29, 1.82) is 0 Å². The van der Waals surface area contributed by atoms with Crippen molar-refractivity contribution in [3.63, 3.8) is 0 Å². The number of aliphatic hydroxyl groups excluding tert-OH is 1. The molecule has 2 atom stereocenters. The van der Waals surface area contributed by atoms with Crippen LogP contribution in [-0.2, 0) is 6.54 Å². The molecule has 0 unspecified atom stereocenters. The summed E-state index contributed by atoms with van der Waals surface area (Å²) in [5.74, 6) is 0. The molecule has 1 saturated heterocycles. The Morgan fingerprint density at radius 1 is 1.16 bits per heavy atom. The molecule has 1 saturated carbocycles. The van der Waals surface area contributed by atoms with Crippen LogP contribution >= 0.6 is 0 Å². The zero-order valence-corrected chi connectivity index (χ0v) is 11.9. The van der Waals surface area contributed by atoms with Gasteiger partial charge in [-0.3, -0.25) is 4.90 Å². The molecule has 1 aromatic carbocycles. The molecule has 104 valence electrons. The van der Waals surface area contributed by atoms with Crippen LogP contribution in [0.25, 0.3) is 0 Å². The van der Waals surface area contributed by atoms with Gasteiger partial charge in [0.25, 0.3) is 0 Å². The summed E-state index contributed by atoms with van der Waals surface area (Å²) in [5.41, 5.74) is 1.54. The highest BCUT2D eigenvalue weighted by atomic mass is 16.3. The monoisotopic (exact) mass is 259 g/mol. The normalized spacial score (nSPS) is 30.8. The van der Waals surface area contributed by atoms with Gasteiger partial charge < -0.3 is 5.11 Å². The number of aliphatic hydroxyl groups is 1. The first-order chi connectivity index (χ1) is 9.21. The van der Waals surface area contributed by atoms with Gasteiger partial charge in [0.15, 0.2) is 0 Å². The Balaban J connectivity index is 1.73. The Hall–Kier alpha value is -0.860. The fourth-order valence-electron chi connectivity index (χ4n) is 4.08. The Morgan fingerprint density at radius 3 is 2.53 bits per heavy atom. The molecule has 1 N–H and O–H groups in total. The van der Waals surface area contributed by atoms with Crippen LogP contribution in [0.15, 0.2) is 30.3 Å². The third kappa shape index (κ3) is 2.44. The molecule has 3 rings (SSSR count). The average molecular weight is 259 g/mol. The molecule has 2 aliphatic rings. The molecule has 0 aromatic heterocycles. The zero-order valence-electron chi connectivity index (χ0n) is 11.9. The highest BCUT2D eigenvalue weighted by Crippen LogP contribution is 2.46. The van der Waals surface area contributed by atoms with E-state index in [1.54, 1.807) is 0 Å². The van der Waals surface area contributed by atoms with E-state index in [4.69, 9.17) is 0 Å². The number of hydrogen-bond acceptors (Lipinski definition) is 2. The summed E-state index contributed by atoms with van der Waals surface area (Å²) in [7, 11) is 0. The Bertz CT molecular complexity index is 411. The molecule has 2 heteroatoms. The quantitative estimate of drug-likeness (QED) is 0.881. The van der Waals surface area contributed by atoms with Gasteiger partial charge in [-0.05, 0) is 25.3 Å². The highest BCUT2D eigenvalue weighted by Gasteiger charge is 2.49. The minimum Gasteiger partial charge on any atom is -0.391 e. The first kappa shape index (κ1) is 13.1. The Labute approximate surface area is 116 Å². The molecule has 0 bridgehead atoms. The van der Waals surface area contributed by atoms with Gasteiger partial charge in [0, 0.05) is 24.5 Å². The van der Waals surface area contributed by atoms with E-state index in [1.165, 1.54) is 37.7 Å². The number of nitrogens with zero attached hydrogens (tertiary/aromatic N) is 1. The van der Waals surface area contributed by atoms with E-state index < -0.39 is 0 Å². The summed E-state index contributed by atoms with van der Waals surface area (Å²) in [4.78, 5) is 2.48. The van der Waals surface area contributed by atoms with Gasteiger partial charge in [-0.1, -0.05) is 49.6 Å². The lowest BCUT2D eigenvalue weighted by Gasteiger charge is -2.36. The molecule has 1 aliphatic carbocycles. The lowest BCUT2D eigenvalue weighted by Crippen LogP contribution is -2.38. The SMILES string of the molecule is C[C@@H]1[C@@H](O)C2(CCCCC2)CN1Cc1ccccc1. The van der Waals surface area contributed by atoms with Crippen LogP contribution in [0.4, 0.5) is 0 Å². The maximum absolute atomic E-state index is 10.7. The van der Waals surface area contributed by atoms with Crippen molar-refractivity contribution in [3.8, 4) is 0 Å². The summed E-state index contributed by atoms with van der Waals surface area (Å²) in [6, 6.07) is 10.9. The summed E-state index contributed by atoms with van der Waals surface area (Å²) in [6.45, 7) is 4.24. The minimum atomic E-state index is -0.142. The van der Waals surface area contributed by atoms with E-state index in [0.29, 0.717) is 6.04 Å². The largest absolute Gasteiger partial charge is 0.391 e. The Kier molecular flexibility index (Phi) is 3.64. The van der Waals surface area contributed by atoms with Crippen molar-refractivity contribution >= 4 is 0 Å². The summed E-state index contributed by atoms with van der Waals surface area (Å²) in [5, 5.41) is 10.7. The first-order valence-electron chi connectivity index (χ1n) is 7.67. The number of benzene rings is 1. The second-order valence-corrected chi connectivity index (χ2v) is 6.50. The van der Waals surface area contributed by atoms with Gasteiger partial charge >= 0.3 is 0 Å². The molecule has 19 heavy (non-hydrogen) atoms. The molecule has 1 aliphatic heterocycles.